The number of hydrogen-bond acceptors (Lipinski definition) is 2. The van der Waals surface area contributed by atoms with E-state index in [0.717, 1.165) is 37.1 Å². The molecule has 0 amide bonds. The van der Waals surface area contributed by atoms with E-state index in [1.54, 1.807) is 0 Å². The zero-order valence-electron chi connectivity index (χ0n) is 13.2. The number of benzene rings is 1. The molecule has 0 fully saturated rings. The summed E-state index contributed by atoms with van der Waals surface area (Å²) in [6, 6.07) is 8.95. The Morgan fingerprint density at radius 1 is 1.10 bits per heavy atom. The van der Waals surface area contributed by atoms with E-state index in [1.165, 1.54) is 16.5 Å². The van der Waals surface area contributed by atoms with Crippen LogP contribution in [0.15, 0.2) is 24.3 Å². The van der Waals surface area contributed by atoms with E-state index in [-0.39, 0.29) is 0 Å². The Morgan fingerprint density at radius 3 is 2.55 bits per heavy atom. The van der Waals surface area contributed by atoms with Crippen molar-refractivity contribution >= 4 is 16.7 Å². The molecule has 0 spiro atoms. The van der Waals surface area contributed by atoms with Crippen molar-refractivity contribution in [3.05, 3.63) is 35.4 Å². The van der Waals surface area contributed by atoms with Gasteiger partial charge in [-0.05, 0) is 48.1 Å². The van der Waals surface area contributed by atoms with Crippen molar-refractivity contribution in [2.45, 2.75) is 52.9 Å². The smallest absolute Gasteiger partial charge is 0.129 e. The molecule has 108 valence electrons. The standard InChI is InChI=1S/C18H26N2/c1-5-7-15-12-16-11-14(13(3)4)8-9-17(16)20-18(15)19-10-6-2/h8-9,11-13H,5-7,10H2,1-4H3,(H,19,20). The molecule has 2 rings (SSSR count). The van der Waals surface area contributed by atoms with Gasteiger partial charge in [-0.3, -0.25) is 0 Å². The van der Waals surface area contributed by atoms with Crippen LogP contribution < -0.4 is 5.32 Å². The first-order valence-electron chi connectivity index (χ1n) is 7.83. The molecule has 1 heterocycles. The predicted octanol–water partition coefficient (Wildman–Crippen LogP) is 5.13. The van der Waals surface area contributed by atoms with E-state index in [4.69, 9.17) is 4.98 Å². The first kappa shape index (κ1) is 14.8. The maximum atomic E-state index is 4.82. The minimum absolute atomic E-state index is 0.562. The van der Waals surface area contributed by atoms with Crippen LogP contribution in [0.3, 0.4) is 0 Å². The van der Waals surface area contributed by atoms with Crippen molar-refractivity contribution in [1.29, 1.82) is 0 Å². The molecule has 1 aromatic heterocycles. The molecular formula is C18H26N2. The molecule has 0 aliphatic rings. The highest BCUT2D eigenvalue weighted by molar-refractivity contribution is 5.82. The normalized spacial score (nSPS) is 11.2. The monoisotopic (exact) mass is 270 g/mol. The van der Waals surface area contributed by atoms with Crippen molar-refractivity contribution in [2.24, 2.45) is 0 Å². The van der Waals surface area contributed by atoms with Crippen molar-refractivity contribution in [2.75, 3.05) is 11.9 Å². The summed E-state index contributed by atoms with van der Waals surface area (Å²) in [5.41, 5.74) is 3.82. The molecule has 0 saturated carbocycles. The fourth-order valence-corrected chi connectivity index (χ4v) is 2.45. The lowest BCUT2D eigenvalue weighted by Gasteiger charge is -2.13. The number of aryl methyl sites for hydroxylation is 1. The average Bonchev–Trinajstić information content (AvgIpc) is 2.44. The molecule has 0 atom stereocenters. The fraction of sp³-hybridized carbons (Fsp3) is 0.500. The molecule has 1 N–H and O–H groups in total. The topological polar surface area (TPSA) is 24.9 Å². The van der Waals surface area contributed by atoms with Crippen LogP contribution >= 0.6 is 0 Å². The Bertz CT molecular complexity index is 573. The van der Waals surface area contributed by atoms with Crippen LogP contribution in [0, 0.1) is 0 Å². The number of nitrogens with one attached hydrogen (secondary N) is 1. The molecule has 0 aliphatic heterocycles. The number of hydrogen-bond donors (Lipinski definition) is 1. The molecule has 0 saturated heterocycles. The molecule has 0 unspecified atom stereocenters. The molecular weight excluding hydrogens is 244 g/mol. The van der Waals surface area contributed by atoms with Gasteiger partial charge in [0, 0.05) is 11.9 Å². The summed E-state index contributed by atoms with van der Waals surface area (Å²) in [6.45, 7) is 9.86. The van der Waals surface area contributed by atoms with Gasteiger partial charge in [0.2, 0.25) is 0 Å². The fourth-order valence-electron chi connectivity index (χ4n) is 2.45. The SMILES string of the molecule is CCCNc1nc2ccc(C(C)C)cc2cc1CCC. The van der Waals surface area contributed by atoms with Gasteiger partial charge in [-0.15, -0.1) is 0 Å². The molecule has 2 heteroatoms. The summed E-state index contributed by atoms with van der Waals surface area (Å²) in [5.74, 6) is 1.63. The van der Waals surface area contributed by atoms with Gasteiger partial charge in [-0.25, -0.2) is 4.98 Å². The second kappa shape index (κ2) is 6.74. The van der Waals surface area contributed by atoms with E-state index in [0.29, 0.717) is 5.92 Å². The quantitative estimate of drug-likeness (QED) is 0.786. The lowest BCUT2D eigenvalue weighted by atomic mass is 9.99. The summed E-state index contributed by atoms with van der Waals surface area (Å²) < 4.78 is 0. The Hall–Kier alpha value is -1.57. The van der Waals surface area contributed by atoms with Crippen molar-refractivity contribution in [1.82, 2.24) is 4.98 Å². The third kappa shape index (κ3) is 3.30. The Morgan fingerprint density at radius 2 is 1.90 bits per heavy atom. The molecule has 2 nitrogen and oxygen atoms in total. The van der Waals surface area contributed by atoms with Gasteiger partial charge in [0.1, 0.15) is 5.82 Å². The third-order valence-electron chi connectivity index (χ3n) is 3.65. The van der Waals surface area contributed by atoms with Crippen LogP contribution in [0.1, 0.15) is 57.6 Å². The summed E-state index contributed by atoms with van der Waals surface area (Å²) in [4.78, 5) is 4.82. The maximum Gasteiger partial charge on any atom is 0.129 e. The minimum Gasteiger partial charge on any atom is -0.370 e. The Labute approximate surface area is 122 Å². The van der Waals surface area contributed by atoms with E-state index >= 15 is 0 Å². The second-order valence-corrected chi connectivity index (χ2v) is 5.78. The largest absolute Gasteiger partial charge is 0.370 e. The number of rotatable bonds is 6. The highest BCUT2D eigenvalue weighted by atomic mass is 15.0. The summed E-state index contributed by atoms with van der Waals surface area (Å²) in [7, 11) is 0. The van der Waals surface area contributed by atoms with Crippen molar-refractivity contribution in [3.63, 3.8) is 0 Å². The van der Waals surface area contributed by atoms with Crippen LogP contribution in [0.2, 0.25) is 0 Å². The molecule has 0 bridgehead atoms. The van der Waals surface area contributed by atoms with Crippen LogP contribution in [0.4, 0.5) is 5.82 Å². The van der Waals surface area contributed by atoms with Gasteiger partial charge in [-0.1, -0.05) is 40.2 Å². The van der Waals surface area contributed by atoms with Gasteiger partial charge in [0.15, 0.2) is 0 Å². The first-order valence-corrected chi connectivity index (χ1v) is 7.83. The Kier molecular flexibility index (Phi) is 4.99. The van der Waals surface area contributed by atoms with Crippen LogP contribution in [-0.4, -0.2) is 11.5 Å². The molecule has 1 aromatic carbocycles. The molecule has 2 aromatic rings. The van der Waals surface area contributed by atoms with Crippen molar-refractivity contribution in [3.8, 4) is 0 Å². The zero-order valence-corrected chi connectivity index (χ0v) is 13.2. The van der Waals surface area contributed by atoms with Crippen molar-refractivity contribution < 1.29 is 0 Å². The number of pyridine rings is 1. The van der Waals surface area contributed by atoms with Crippen LogP contribution in [0.25, 0.3) is 10.9 Å². The minimum atomic E-state index is 0.562. The third-order valence-corrected chi connectivity index (χ3v) is 3.65. The highest BCUT2D eigenvalue weighted by Gasteiger charge is 2.08. The summed E-state index contributed by atoms with van der Waals surface area (Å²) in [6.07, 6.45) is 3.36. The summed E-state index contributed by atoms with van der Waals surface area (Å²) >= 11 is 0. The second-order valence-electron chi connectivity index (χ2n) is 5.78. The van der Waals surface area contributed by atoms with Gasteiger partial charge in [0.25, 0.3) is 0 Å². The van der Waals surface area contributed by atoms with Gasteiger partial charge < -0.3 is 5.32 Å². The van der Waals surface area contributed by atoms with Gasteiger partial charge in [0.05, 0.1) is 5.52 Å². The first-order chi connectivity index (χ1) is 9.65. The van der Waals surface area contributed by atoms with E-state index in [1.807, 2.05) is 0 Å². The van der Waals surface area contributed by atoms with Crippen LogP contribution in [-0.2, 0) is 6.42 Å². The highest BCUT2D eigenvalue weighted by Crippen LogP contribution is 2.25. The van der Waals surface area contributed by atoms with E-state index < -0.39 is 0 Å². The number of fused-ring (bicyclic) bond motifs is 1. The Balaban J connectivity index is 2.46. The van der Waals surface area contributed by atoms with E-state index in [2.05, 4.69) is 57.3 Å². The number of anilines is 1. The average molecular weight is 270 g/mol. The molecule has 0 aliphatic carbocycles. The lowest BCUT2D eigenvalue weighted by Crippen LogP contribution is -2.06. The molecule has 20 heavy (non-hydrogen) atoms. The zero-order chi connectivity index (χ0) is 14.5. The van der Waals surface area contributed by atoms with Gasteiger partial charge >= 0.3 is 0 Å². The number of nitrogens with zero attached hydrogens (tertiary/aromatic N) is 1. The number of aromatic nitrogens is 1. The maximum absolute atomic E-state index is 4.82. The van der Waals surface area contributed by atoms with Crippen LogP contribution in [0.5, 0.6) is 0 Å². The lowest BCUT2D eigenvalue weighted by molar-refractivity contribution is 0.868. The van der Waals surface area contributed by atoms with Gasteiger partial charge in [-0.2, -0.15) is 0 Å². The summed E-state index contributed by atoms with van der Waals surface area (Å²) in [5, 5.41) is 4.73. The van der Waals surface area contributed by atoms with E-state index in [9.17, 15) is 0 Å². The predicted molar refractivity (Wildman–Crippen MR) is 88.6 cm³/mol. The molecule has 0 radical (unpaired) electrons.